The van der Waals surface area contributed by atoms with E-state index >= 15 is 0 Å². The van der Waals surface area contributed by atoms with E-state index in [9.17, 15) is 9.59 Å². The number of aromatic nitrogens is 1. The molecule has 2 atom stereocenters. The number of nitrogens with one attached hydrogen (secondary N) is 1. The molecule has 31 heavy (non-hydrogen) atoms. The number of hydrogen-bond donors (Lipinski definition) is 1. The summed E-state index contributed by atoms with van der Waals surface area (Å²) in [6, 6.07) is 12.9. The molecule has 0 radical (unpaired) electrons. The molecule has 7 heteroatoms. The molecule has 2 heterocycles. The van der Waals surface area contributed by atoms with Crippen molar-refractivity contribution in [3.05, 3.63) is 59.4 Å². The number of halogens is 1. The average molecular weight is 442 g/mol. The van der Waals surface area contributed by atoms with E-state index in [1.165, 1.54) is 0 Å². The lowest BCUT2D eigenvalue weighted by Crippen LogP contribution is -2.46. The summed E-state index contributed by atoms with van der Waals surface area (Å²) in [6.45, 7) is 3.70. The molecule has 6 nitrogen and oxygen atoms in total. The van der Waals surface area contributed by atoms with Crippen LogP contribution in [0.4, 0.5) is 0 Å². The largest absolute Gasteiger partial charge is 0.481 e. The second-order valence-corrected chi connectivity index (χ2v) is 8.96. The zero-order valence-electron chi connectivity index (χ0n) is 17.7. The first-order valence-corrected chi connectivity index (χ1v) is 11.2. The predicted octanol–water partition coefficient (Wildman–Crippen LogP) is 3.49. The Kier molecular flexibility index (Phi) is 6.46. The third-order valence-corrected chi connectivity index (χ3v) is 6.68. The Morgan fingerprint density at radius 2 is 2.06 bits per heavy atom. The number of likely N-dealkylation sites (tertiary alicyclic amines) is 1. The summed E-state index contributed by atoms with van der Waals surface area (Å²) in [5.41, 5.74) is 1.04. The van der Waals surface area contributed by atoms with Gasteiger partial charge in [-0.1, -0.05) is 23.7 Å². The highest BCUT2D eigenvalue weighted by Crippen LogP contribution is 2.59. The molecule has 1 aromatic heterocycles. The van der Waals surface area contributed by atoms with Crippen LogP contribution in [0.15, 0.2) is 48.7 Å². The Morgan fingerprint density at radius 1 is 1.26 bits per heavy atom. The van der Waals surface area contributed by atoms with Crippen molar-refractivity contribution in [1.82, 2.24) is 15.2 Å². The maximum Gasteiger partial charge on any atom is 0.263 e. The number of nitrogens with zero attached hydrogens (tertiary/aromatic N) is 2. The monoisotopic (exact) mass is 441 g/mol. The molecule has 164 valence electrons. The number of hydrogen-bond acceptors (Lipinski definition) is 4. The summed E-state index contributed by atoms with van der Waals surface area (Å²) in [5, 5.41) is 3.64. The van der Waals surface area contributed by atoms with Crippen LogP contribution in [0.3, 0.4) is 0 Å². The van der Waals surface area contributed by atoms with E-state index < -0.39 is 6.10 Å². The van der Waals surface area contributed by atoms with Crippen LogP contribution < -0.4 is 10.1 Å². The highest BCUT2D eigenvalue weighted by Gasteiger charge is 2.58. The molecule has 2 amide bonds. The molecule has 0 bridgehead atoms. The van der Waals surface area contributed by atoms with Crippen molar-refractivity contribution < 1.29 is 14.3 Å². The summed E-state index contributed by atoms with van der Waals surface area (Å²) in [5.74, 6) is 0.764. The quantitative estimate of drug-likeness (QED) is 0.713. The van der Waals surface area contributed by atoms with Gasteiger partial charge in [-0.05, 0) is 61.9 Å². The van der Waals surface area contributed by atoms with Crippen LogP contribution in [0.1, 0.15) is 31.9 Å². The van der Waals surface area contributed by atoms with E-state index in [2.05, 4.69) is 10.3 Å². The third kappa shape index (κ3) is 5.18. The number of carbonyl (C=O) groups excluding carboxylic acids is 2. The smallest absolute Gasteiger partial charge is 0.263 e. The van der Waals surface area contributed by atoms with Gasteiger partial charge < -0.3 is 15.0 Å². The molecule has 2 aromatic rings. The number of benzene rings is 1. The Bertz CT molecular complexity index is 929. The van der Waals surface area contributed by atoms with Crippen molar-refractivity contribution in [2.75, 3.05) is 19.6 Å². The minimum Gasteiger partial charge on any atom is -0.481 e. The maximum absolute atomic E-state index is 12.8. The number of piperidine rings is 1. The molecule has 1 saturated carbocycles. The van der Waals surface area contributed by atoms with Crippen molar-refractivity contribution in [3.63, 3.8) is 0 Å². The second kappa shape index (κ2) is 9.27. The molecule has 4 rings (SSSR count). The van der Waals surface area contributed by atoms with Gasteiger partial charge in [-0.2, -0.15) is 0 Å². The first-order valence-electron chi connectivity index (χ1n) is 10.9. The molecule has 1 saturated heterocycles. The zero-order valence-corrected chi connectivity index (χ0v) is 18.5. The Balaban J connectivity index is 1.21. The highest BCUT2D eigenvalue weighted by atomic mass is 35.5. The predicted molar refractivity (Wildman–Crippen MR) is 119 cm³/mol. The van der Waals surface area contributed by atoms with Gasteiger partial charge in [0, 0.05) is 48.9 Å². The molecule has 2 aliphatic rings. The number of carbonyl (C=O) groups is 2. The molecular weight excluding hydrogens is 414 g/mol. The molecule has 1 spiro atoms. The minimum atomic E-state index is -0.572. The van der Waals surface area contributed by atoms with Crippen LogP contribution >= 0.6 is 11.6 Å². The van der Waals surface area contributed by atoms with Crippen LogP contribution in [-0.4, -0.2) is 47.4 Å². The van der Waals surface area contributed by atoms with Crippen molar-refractivity contribution in [1.29, 1.82) is 0 Å². The topological polar surface area (TPSA) is 71.5 Å². The molecule has 1 aromatic carbocycles. The lowest BCUT2D eigenvalue weighted by Gasteiger charge is -2.34. The summed E-state index contributed by atoms with van der Waals surface area (Å²) in [6.07, 6.45) is 4.57. The second-order valence-electron chi connectivity index (χ2n) is 8.52. The van der Waals surface area contributed by atoms with E-state index in [1.54, 1.807) is 37.4 Å². The van der Waals surface area contributed by atoms with Gasteiger partial charge in [0.25, 0.3) is 5.91 Å². The first-order chi connectivity index (χ1) is 15.0. The van der Waals surface area contributed by atoms with Gasteiger partial charge in [-0.15, -0.1) is 0 Å². The van der Waals surface area contributed by atoms with Gasteiger partial charge in [-0.3, -0.25) is 14.6 Å². The first kappa shape index (κ1) is 21.6. The van der Waals surface area contributed by atoms with Gasteiger partial charge in [0.2, 0.25) is 5.91 Å². The van der Waals surface area contributed by atoms with Crippen molar-refractivity contribution >= 4 is 23.4 Å². The van der Waals surface area contributed by atoms with Gasteiger partial charge >= 0.3 is 0 Å². The van der Waals surface area contributed by atoms with E-state index in [4.69, 9.17) is 16.3 Å². The Hall–Kier alpha value is -2.60. The normalized spacial score (nSPS) is 20.2. The molecule has 1 N–H and O–H groups in total. The molecular formula is C24H28ClN3O3. The summed E-state index contributed by atoms with van der Waals surface area (Å²) in [4.78, 5) is 31.5. The van der Waals surface area contributed by atoms with E-state index in [0.29, 0.717) is 30.4 Å². The third-order valence-electron chi connectivity index (χ3n) is 6.44. The fraction of sp³-hybridized carbons (Fsp3) is 0.458. The van der Waals surface area contributed by atoms with Crippen molar-refractivity contribution in [2.24, 2.45) is 11.3 Å². The highest BCUT2D eigenvalue weighted by molar-refractivity contribution is 6.30. The fourth-order valence-corrected chi connectivity index (χ4v) is 4.66. The Morgan fingerprint density at radius 3 is 2.77 bits per heavy atom. The standard InChI is InChI=1S/C24H28ClN3O3/c1-17(31-20-7-4-5-18(25)15-20)23(30)28-13-9-24(10-14-28)16-21(24)22(29)27-12-8-19-6-2-3-11-26-19/h2-7,11,15,17,21H,8-10,12-14,16H2,1H3,(H,27,29). The van der Waals surface area contributed by atoms with Gasteiger partial charge in [-0.25, -0.2) is 0 Å². The SMILES string of the molecule is CC(Oc1cccc(Cl)c1)C(=O)N1CCC2(CC1)CC2C(=O)NCCc1ccccn1. The molecule has 2 unspecified atom stereocenters. The number of rotatable bonds is 7. The van der Waals surface area contributed by atoms with Gasteiger partial charge in [0.1, 0.15) is 5.75 Å². The Labute approximate surface area is 187 Å². The molecule has 1 aliphatic heterocycles. The van der Waals surface area contributed by atoms with Crippen molar-refractivity contribution in [3.8, 4) is 5.75 Å². The van der Waals surface area contributed by atoms with Gasteiger partial charge in [0.05, 0.1) is 0 Å². The summed E-state index contributed by atoms with van der Waals surface area (Å²) >= 11 is 5.99. The van der Waals surface area contributed by atoms with Crippen molar-refractivity contribution in [2.45, 2.75) is 38.7 Å². The summed E-state index contributed by atoms with van der Waals surface area (Å²) < 4.78 is 5.77. The summed E-state index contributed by atoms with van der Waals surface area (Å²) in [7, 11) is 0. The van der Waals surface area contributed by atoms with E-state index in [-0.39, 0.29) is 23.1 Å². The van der Waals surface area contributed by atoms with E-state index in [1.807, 2.05) is 23.1 Å². The number of ether oxygens (including phenoxy) is 1. The van der Waals surface area contributed by atoms with Crippen LogP contribution in [0.2, 0.25) is 5.02 Å². The number of amides is 2. The average Bonchev–Trinajstić information content (AvgIpc) is 3.47. The minimum absolute atomic E-state index is 0.0214. The van der Waals surface area contributed by atoms with Crippen LogP contribution in [-0.2, 0) is 16.0 Å². The zero-order chi connectivity index (χ0) is 21.8. The maximum atomic E-state index is 12.8. The molecule has 1 aliphatic carbocycles. The lowest BCUT2D eigenvalue weighted by molar-refractivity contribution is -0.139. The van der Waals surface area contributed by atoms with E-state index in [0.717, 1.165) is 31.4 Å². The van der Waals surface area contributed by atoms with Crippen LogP contribution in [0, 0.1) is 11.3 Å². The van der Waals surface area contributed by atoms with Crippen LogP contribution in [0.25, 0.3) is 0 Å². The number of pyridine rings is 1. The fourth-order valence-electron chi connectivity index (χ4n) is 4.48. The van der Waals surface area contributed by atoms with Crippen LogP contribution in [0.5, 0.6) is 5.75 Å². The lowest BCUT2D eigenvalue weighted by atomic mass is 9.90. The van der Waals surface area contributed by atoms with Gasteiger partial charge in [0.15, 0.2) is 6.10 Å². The molecule has 2 fully saturated rings.